The molecular weight excluding hydrogens is 414 g/mol. The van der Waals surface area contributed by atoms with Crippen LogP contribution in [0.5, 0.6) is 5.88 Å². The van der Waals surface area contributed by atoms with Crippen LogP contribution in [0.3, 0.4) is 0 Å². The van der Waals surface area contributed by atoms with Crippen molar-refractivity contribution in [3.05, 3.63) is 54.0 Å². The second-order valence-electron chi connectivity index (χ2n) is 7.90. The van der Waals surface area contributed by atoms with E-state index in [9.17, 15) is 9.59 Å². The van der Waals surface area contributed by atoms with Crippen molar-refractivity contribution in [3.8, 4) is 5.88 Å². The number of benzene rings is 1. The van der Waals surface area contributed by atoms with Crippen LogP contribution in [0.2, 0.25) is 0 Å². The molecule has 0 aliphatic heterocycles. The summed E-state index contributed by atoms with van der Waals surface area (Å²) in [5.74, 6) is -1.13. The monoisotopic (exact) mass is 437 g/mol. The molecule has 10 nitrogen and oxygen atoms in total. The average molecular weight is 437 g/mol. The number of carboxylic acids is 1. The summed E-state index contributed by atoms with van der Waals surface area (Å²) in [5, 5.41) is 22.1. The Morgan fingerprint density at radius 3 is 2.44 bits per heavy atom. The molecule has 0 unspecified atom stereocenters. The van der Waals surface area contributed by atoms with Crippen LogP contribution in [0.1, 0.15) is 48.9 Å². The molecule has 32 heavy (non-hydrogen) atoms. The van der Waals surface area contributed by atoms with Crippen LogP contribution in [0, 0.1) is 5.92 Å². The van der Waals surface area contributed by atoms with Gasteiger partial charge in [0.25, 0.3) is 0 Å². The summed E-state index contributed by atoms with van der Waals surface area (Å²) in [6.07, 6.45) is 2.21. The van der Waals surface area contributed by atoms with Crippen LogP contribution >= 0.6 is 0 Å². The van der Waals surface area contributed by atoms with Gasteiger partial charge in [-0.1, -0.05) is 31.1 Å². The summed E-state index contributed by atoms with van der Waals surface area (Å²) in [6.45, 7) is 4.23. The number of aromatic nitrogens is 3. The Morgan fingerprint density at radius 1 is 1.09 bits per heavy atom. The van der Waals surface area contributed by atoms with E-state index in [2.05, 4.69) is 39.7 Å². The first-order chi connectivity index (χ1) is 15.4. The van der Waals surface area contributed by atoms with E-state index in [0.29, 0.717) is 30.3 Å². The average Bonchev–Trinajstić information content (AvgIpc) is 3.20. The molecule has 3 N–H and O–H groups in total. The summed E-state index contributed by atoms with van der Waals surface area (Å²) >= 11 is 0. The third-order valence-electron chi connectivity index (χ3n) is 5.17. The van der Waals surface area contributed by atoms with Crippen molar-refractivity contribution in [2.75, 3.05) is 10.6 Å². The Morgan fingerprint density at radius 2 is 1.81 bits per heavy atom. The van der Waals surface area contributed by atoms with Crippen molar-refractivity contribution in [2.45, 2.75) is 38.7 Å². The SMILES string of the molecule is CC(C)c1ccc(Nc2nnc(C(=O)Nc3ccc(OC4CC(C(=O)O)C4)nc3)o2)cc1. The van der Waals surface area contributed by atoms with Crippen molar-refractivity contribution in [1.82, 2.24) is 15.2 Å². The Labute approximate surface area is 184 Å². The summed E-state index contributed by atoms with van der Waals surface area (Å²) in [4.78, 5) is 27.3. The lowest BCUT2D eigenvalue weighted by atomic mass is 9.82. The lowest BCUT2D eigenvalue weighted by molar-refractivity contribution is -0.148. The van der Waals surface area contributed by atoms with Crippen molar-refractivity contribution in [1.29, 1.82) is 0 Å². The number of pyridine rings is 1. The smallest absolute Gasteiger partial charge is 0.320 e. The highest BCUT2D eigenvalue weighted by atomic mass is 16.5. The van der Waals surface area contributed by atoms with Crippen LogP contribution in [-0.2, 0) is 4.79 Å². The Bertz CT molecular complexity index is 1090. The maximum Gasteiger partial charge on any atom is 0.320 e. The molecule has 2 heterocycles. The standard InChI is InChI=1S/C22H23N5O5/c1-12(2)13-3-5-15(6-4-13)25-22-27-26-20(32-22)19(28)24-16-7-8-18(23-11-16)31-17-9-14(10-17)21(29)30/h3-8,11-12,14,17H,9-10H2,1-2H3,(H,24,28)(H,25,27)(H,29,30). The van der Waals surface area contributed by atoms with Gasteiger partial charge in [0.1, 0.15) is 6.10 Å². The van der Waals surface area contributed by atoms with Crippen LogP contribution in [0.4, 0.5) is 17.4 Å². The summed E-state index contributed by atoms with van der Waals surface area (Å²) in [6, 6.07) is 11.2. The summed E-state index contributed by atoms with van der Waals surface area (Å²) < 4.78 is 11.0. The predicted molar refractivity (Wildman–Crippen MR) is 115 cm³/mol. The fraction of sp³-hybridized carbons (Fsp3) is 0.318. The topological polar surface area (TPSA) is 139 Å². The molecule has 0 spiro atoms. The van der Waals surface area contributed by atoms with Gasteiger partial charge in [-0.15, -0.1) is 5.10 Å². The third-order valence-corrected chi connectivity index (χ3v) is 5.17. The number of hydrogen-bond donors (Lipinski definition) is 3. The van der Waals surface area contributed by atoms with Crippen molar-refractivity contribution < 1.29 is 23.8 Å². The molecule has 1 aliphatic rings. The molecule has 1 aliphatic carbocycles. The zero-order chi connectivity index (χ0) is 22.7. The maximum absolute atomic E-state index is 12.4. The number of amides is 1. The number of nitrogens with zero attached hydrogens (tertiary/aromatic N) is 3. The van der Waals surface area contributed by atoms with Crippen LogP contribution in [0.25, 0.3) is 0 Å². The lowest BCUT2D eigenvalue weighted by Gasteiger charge is -2.31. The molecule has 4 rings (SSSR count). The maximum atomic E-state index is 12.4. The van der Waals surface area contributed by atoms with E-state index in [1.54, 1.807) is 12.1 Å². The minimum atomic E-state index is -0.806. The highest BCUT2D eigenvalue weighted by Gasteiger charge is 2.36. The predicted octanol–water partition coefficient (Wildman–Crippen LogP) is 3.83. The Kier molecular flexibility index (Phi) is 6.02. The van der Waals surface area contributed by atoms with Gasteiger partial charge in [-0.3, -0.25) is 9.59 Å². The van der Waals surface area contributed by atoms with Gasteiger partial charge in [0.2, 0.25) is 5.88 Å². The van der Waals surface area contributed by atoms with E-state index in [0.717, 1.165) is 5.69 Å². The van der Waals surface area contributed by atoms with Crippen molar-refractivity contribution in [3.63, 3.8) is 0 Å². The van der Waals surface area contributed by atoms with E-state index in [1.165, 1.54) is 11.8 Å². The van der Waals surface area contributed by atoms with Gasteiger partial charge >= 0.3 is 23.8 Å². The number of nitrogens with one attached hydrogen (secondary N) is 2. The molecule has 166 valence electrons. The van der Waals surface area contributed by atoms with Gasteiger partial charge < -0.3 is 24.9 Å². The number of carboxylic acid groups (broad SMARTS) is 1. The number of hydrogen-bond acceptors (Lipinski definition) is 8. The fourth-order valence-electron chi connectivity index (χ4n) is 3.18. The minimum Gasteiger partial charge on any atom is -0.481 e. The Balaban J connectivity index is 1.29. The molecule has 1 saturated carbocycles. The van der Waals surface area contributed by atoms with Crippen molar-refractivity contribution in [2.24, 2.45) is 5.92 Å². The molecule has 1 aromatic carbocycles. The molecule has 0 bridgehead atoms. The zero-order valence-corrected chi connectivity index (χ0v) is 17.6. The largest absolute Gasteiger partial charge is 0.481 e. The highest BCUT2D eigenvalue weighted by molar-refractivity contribution is 6.00. The molecule has 1 amide bonds. The summed E-state index contributed by atoms with van der Waals surface area (Å²) in [7, 11) is 0. The molecule has 10 heteroatoms. The first-order valence-corrected chi connectivity index (χ1v) is 10.2. The molecule has 1 fully saturated rings. The van der Waals surface area contributed by atoms with E-state index >= 15 is 0 Å². The number of anilines is 3. The normalized spacial score (nSPS) is 17.5. The van der Waals surface area contributed by atoms with Crippen LogP contribution < -0.4 is 15.4 Å². The third kappa shape index (κ3) is 5.02. The summed E-state index contributed by atoms with van der Waals surface area (Å²) in [5.41, 5.74) is 2.41. The Hall–Kier alpha value is -3.95. The number of aliphatic carboxylic acids is 1. The number of carbonyl (C=O) groups excluding carboxylic acids is 1. The second kappa shape index (κ2) is 9.04. The first-order valence-electron chi connectivity index (χ1n) is 10.2. The molecule has 0 saturated heterocycles. The van der Waals surface area contributed by atoms with Gasteiger partial charge in [-0.2, -0.15) is 0 Å². The van der Waals surface area contributed by atoms with Gasteiger partial charge in [-0.25, -0.2) is 4.98 Å². The molecule has 3 aromatic rings. The van der Waals surface area contributed by atoms with Gasteiger partial charge in [0.15, 0.2) is 0 Å². The fourth-order valence-corrected chi connectivity index (χ4v) is 3.18. The van der Waals surface area contributed by atoms with E-state index in [1.807, 2.05) is 24.3 Å². The van der Waals surface area contributed by atoms with Gasteiger partial charge in [-0.05, 0) is 42.5 Å². The van der Waals surface area contributed by atoms with E-state index in [-0.39, 0.29) is 23.9 Å². The van der Waals surface area contributed by atoms with Gasteiger partial charge in [0.05, 0.1) is 17.8 Å². The number of ether oxygens (including phenoxy) is 1. The van der Waals surface area contributed by atoms with Gasteiger partial charge in [0, 0.05) is 11.8 Å². The quantitative estimate of drug-likeness (QED) is 0.480. The second-order valence-corrected chi connectivity index (χ2v) is 7.90. The molecule has 2 aromatic heterocycles. The van der Waals surface area contributed by atoms with E-state index in [4.69, 9.17) is 14.3 Å². The zero-order valence-electron chi connectivity index (χ0n) is 17.6. The van der Waals surface area contributed by atoms with Crippen LogP contribution in [0.15, 0.2) is 47.0 Å². The minimum absolute atomic E-state index is 0.106. The number of carbonyl (C=O) groups is 2. The molecule has 0 radical (unpaired) electrons. The van der Waals surface area contributed by atoms with Crippen LogP contribution in [-0.4, -0.2) is 38.3 Å². The number of rotatable bonds is 8. The molecular formula is C22H23N5O5. The van der Waals surface area contributed by atoms with E-state index < -0.39 is 11.9 Å². The highest BCUT2D eigenvalue weighted by Crippen LogP contribution is 2.31. The molecule has 0 atom stereocenters. The lowest BCUT2D eigenvalue weighted by Crippen LogP contribution is -2.38. The first kappa shape index (κ1) is 21.3. The van der Waals surface area contributed by atoms with Crippen molar-refractivity contribution >= 4 is 29.3 Å².